The number of rotatable bonds is 4. The lowest BCUT2D eigenvalue weighted by atomic mass is 9.78. The first-order valence-electron chi connectivity index (χ1n) is 7.13. The number of alkyl halides is 3. The topological polar surface area (TPSA) is 17.1 Å². The minimum absolute atomic E-state index is 0.198. The third-order valence-corrected chi connectivity index (χ3v) is 3.99. The summed E-state index contributed by atoms with van der Waals surface area (Å²) in [5.74, 6) is -1.47. The van der Waals surface area contributed by atoms with Crippen LogP contribution in [-0.4, -0.2) is 12.0 Å². The second-order valence-electron chi connectivity index (χ2n) is 5.52. The number of carbonyl (C=O) groups excluding carboxylic acids is 1. The molecule has 0 heterocycles. The Bertz CT molecular complexity index is 433. The van der Waals surface area contributed by atoms with Crippen LogP contribution in [0.5, 0.6) is 0 Å². The molecule has 20 heavy (non-hydrogen) atoms. The number of ketones is 1. The number of carbonyl (C=O) groups is 1. The van der Waals surface area contributed by atoms with Crippen molar-refractivity contribution < 1.29 is 18.0 Å². The van der Waals surface area contributed by atoms with Gasteiger partial charge in [-0.05, 0) is 18.4 Å². The van der Waals surface area contributed by atoms with Gasteiger partial charge in [0.05, 0.1) is 12.3 Å². The van der Waals surface area contributed by atoms with E-state index < -0.39 is 18.5 Å². The summed E-state index contributed by atoms with van der Waals surface area (Å²) in [6.45, 7) is 0. The third kappa shape index (κ3) is 4.09. The van der Waals surface area contributed by atoms with Crippen LogP contribution in [0.4, 0.5) is 13.2 Å². The Morgan fingerprint density at radius 3 is 2.25 bits per heavy atom. The van der Waals surface area contributed by atoms with Crippen molar-refractivity contribution in [2.24, 2.45) is 5.92 Å². The number of Topliss-reactive ketones (excluding diaryl/α,β-unsaturated/α-hetero) is 1. The summed E-state index contributed by atoms with van der Waals surface area (Å²) in [5, 5.41) is 0. The molecule has 1 atom stereocenters. The minimum atomic E-state index is -4.31. The maximum absolute atomic E-state index is 12.8. The Morgan fingerprint density at radius 1 is 1.10 bits per heavy atom. The summed E-state index contributed by atoms with van der Waals surface area (Å²) in [6.07, 6.45) is -0.913. The number of benzene rings is 1. The Balaban J connectivity index is 2.19. The zero-order valence-corrected chi connectivity index (χ0v) is 11.3. The molecule has 0 spiro atoms. The average molecular weight is 284 g/mol. The van der Waals surface area contributed by atoms with Gasteiger partial charge in [-0.15, -0.1) is 0 Å². The quantitative estimate of drug-likeness (QED) is 0.770. The van der Waals surface area contributed by atoms with Gasteiger partial charge in [-0.2, -0.15) is 13.2 Å². The van der Waals surface area contributed by atoms with Crippen LogP contribution in [0.1, 0.15) is 50.0 Å². The first-order valence-corrected chi connectivity index (χ1v) is 7.13. The van der Waals surface area contributed by atoms with Gasteiger partial charge < -0.3 is 0 Å². The van der Waals surface area contributed by atoms with Gasteiger partial charge in [0.15, 0.2) is 0 Å². The summed E-state index contributed by atoms with van der Waals surface area (Å²) in [6, 6.07) is 8.37. The molecule has 1 aromatic carbocycles. The smallest absolute Gasteiger partial charge is 0.299 e. The Kier molecular flexibility index (Phi) is 4.84. The molecule has 0 radical (unpaired) electrons. The standard InChI is InChI=1S/C16H19F3O/c17-16(18,19)11-14(12-7-3-1-4-8-12)15(20)13-9-5-2-6-10-13/h1,3-4,7-8,13-14H,2,5-6,9-11H2. The van der Waals surface area contributed by atoms with Gasteiger partial charge in [0.25, 0.3) is 0 Å². The van der Waals surface area contributed by atoms with Crippen LogP contribution in [0.3, 0.4) is 0 Å². The fourth-order valence-corrected chi connectivity index (χ4v) is 2.97. The van der Waals surface area contributed by atoms with E-state index in [0.717, 1.165) is 32.1 Å². The zero-order chi connectivity index (χ0) is 14.6. The Morgan fingerprint density at radius 2 is 1.70 bits per heavy atom. The van der Waals surface area contributed by atoms with Crippen LogP contribution in [0.15, 0.2) is 30.3 Å². The molecule has 0 aromatic heterocycles. The molecule has 2 rings (SSSR count). The lowest BCUT2D eigenvalue weighted by Crippen LogP contribution is -2.28. The highest BCUT2D eigenvalue weighted by Gasteiger charge is 2.38. The van der Waals surface area contributed by atoms with Crippen LogP contribution < -0.4 is 0 Å². The second-order valence-corrected chi connectivity index (χ2v) is 5.52. The molecule has 1 aromatic rings. The van der Waals surface area contributed by atoms with Crippen LogP contribution in [0.25, 0.3) is 0 Å². The van der Waals surface area contributed by atoms with Gasteiger partial charge in [0.1, 0.15) is 5.78 Å². The number of hydrogen-bond acceptors (Lipinski definition) is 1. The Hall–Kier alpha value is -1.32. The lowest BCUT2D eigenvalue weighted by molar-refractivity contribution is -0.149. The molecule has 1 aliphatic carbocycles. The molecular formula is C16H19F3O. The summed E-state index contributed by atoms with van der Waals surface area (Å²) >= 11 is 0. The predicted octanol–water partition coefficient (Wildman–Crippen LogP) is 4.87. The molecule has 1 fully saturated rings. The minimum Gasteiger partial charge on any atom is -0.299 e. The van der Waals surface area contributed by atoms with Crippen LogP contribution in [0, 0.1) is 5.92 Å². The SMILES string of the molecule is O=C(C1CCCCC1)C(CC(F)(F)F)c1ccccc1. The van der Waals surface area contributed by atoms with Crippen molar-refractivity contribution in [2.75, 3.05) is 0 Å². The zero-order valence-electron chi connectivity index (χ0n) is 11.3. The van der Waals surface area contributed by atoms with Crippen molar-refractivity contribution in [1.29, 1.82) is 0 Å². The maximum Gasteiger partial charge on any atom is 0.390 e. The first-order chi connectivity index (χ1) is 9.47. The van der Waals surface area contributed by atoms with Gasteiger partial charge in [0, 0.05) is 5.92 Å². The molecule has 110 valence electrons. The summed E-state index contributed by atoms with van der Waals surface area (Å²) in [4.78, 5) is 12.5. The molecule has 0 saturated heterocycles. The van der Waals surface area contributed by atoms with Gasteiger partial charge in [0.2, 0.25) is 0 Å². The average Bonchev–Trinajstić information content (AvgIpc) is 2.45. The highest BCUT2D eigenvalue weighted by molar-refractivity contribution is 5.88. The highest BCUT2D eigenvalue weighted by Crippen LogP contribution is 2.36. The summed E-state index contributed by atoms with van der Waals surface area (Å²) < 4.78 is 38.3. The van der Waals surface area contributed by atoms with Crippen LogP contribution >= 0.6 is 0 Å². The largest absolute Gasteiger partial charge is 0.390 e. The van der Waals surface area contributed by atoms with Gasteiger partial charge in [-0.25, -0.2) is 0 Å². The van der Waals surface area contributed by atoms with E-state index in [1.807, 2.05) is 0 Å². The molecule has 4 heteroatoms. The molecule has 0 aliphatic heterocycles. The molecule has 1 nitrogen and oxygen atoms in total. The van der Waals surface area contributed by atoms with E-state index in [-0.39, 0.29) is 11.7 Å². The van der Waals surface area contributed by atoms with Gasteiger partial charge >= 0.3 is 6.18 Å². The van der Waals surface area contributed by atoms with E-state index in [9.17, 15) is 18.0 Å². The van der Waals surface area contributed by atoms with E-state index in [2.05, 4.69) is 0 Å². The monoisotopic (exact) mass is 284 g/mol. The van der Waals surface area contributed by atoms with Crippen LogP contribution in [-0.2, 0) is 4.79 Å². The van der Waals surface area contributed by atoms with E-state index in [0.29, 0.717) is 5.56 Å². The van der Waals surface area contributed by atoms with E-state index in [1.165, 1.54) is 0 Å². The fraction of sp³-hybridized carbons (Fsp3) is 0.562. The molecule has 0 bridgehead atoms. The van der Waals surface area contributed by atoms with Crippen molar-refractivity contribution in [1.82, 2.24) is 0 Å². The summed E-state index contributed by atoms with van der Waals surface area (Å²) in [5.41, 5.74) is 0.486. The molecule has 1 aliphatic rings. The lowest BCUT2D eigenvalue weighted by Gasteiger charge is -2.26. The first kappa shape index (κ1) is 15.1. The Labute approximate surface area is 117 Å². The summed E-state index contributed by atoms with van der Waals surface area (Å²) in [7, 11) is 0. The normalized spacial score (nSPS) is 18.8. The molecule has 0 N–H and O–H groups in total. The van der Waals surface area contributed by atoms with Crippen molar-refractivity contribution in [3.63, 3.8) is 0 Å². The molecule has 0 amide bonds. The predicted molar refractivity (Wildman–Crippen MR) is 71.4 cm³/mol. The number of halogens is 3. The fourth-order valence-electron chi connectivity index (χ4n) is 2.97. The van der Waals surface area contributed by atoms with Gasteiger partial charge in [-0.1, -0.05) is 49.6 Å². The maximum atomic E-state index is 12.8. The van der Waals surface area contributed by atoms with Gasteiger partial charge in [-0.3, -0.25) is 4.79 Å². The highest BCUT2D eigenvalue weighted by atomic mass is 19.4. The number of hydrogen-bond donors (Lipinski definition) is 0. The molecule has 1 saturated carbocycles. The van der Waals surface area contributed by atoms with Crippen LogP contribution in [0.2, 0.25) is 0 Å². The van der Waals surface area contributed by atoms with E-state index in [4.69, 9.17) is 0 Å². The van der Waals surface area contributed by atoms with Crippen molar-refractivity contribution in [3.05, 3.63) is 35.9 Å². The van der Waals surface area contributed by atoms with Crippen molar-refractivity contribution in [3.8, 4) is 0 Å². The second kappa shape index (κ2) is 6.42. The third-order valence-electron chi connectivity index (χ3n) is 3.99. The molecular weight excluding hydrogens is 265 g/mol. The van der Waals surface area contributed by atoms with Crippen molar-refractivity contribution in [2.45, 2.75) is 50.6 Å². The molecule has 1 unspecified atom stereocenters. The van der Waals surface area contributed by atoms with E-state index in [1.54, 1.807) is 30.3 Å². The van der Waals surface area contributed by atoms with Crippen molar-refractivity contribution >= 4 is 5.78 Å². The van der Waals surface area contributed by atoms with E-state index >= 15 is 0 Å².